The molecular formula is C21H34O3. The molecule has 0 radical (unpaired) electrons. The van der Waals surface area contributed by atoms with Crippen LogP contribution in [0, 0.1) is 16.7 Å². The molecule has 0 saturated heterocycles. The van der Waals surface area contributed by atoms with Gasteiger partial charge in [0, 0.05) is 5.92 Å². The minimum absolute atomic E-state index is 0.0118. The third kappa shape index (κ3) is 3.60. The molecule has 0 aliphatic heterocycles. The van der Waals surface area contributed by atoms with Crippen molar-refractivity contribution >= 4 is 5.97 Å². The molecule has 0 bridgehead atoms. The van der Waals surface area contributed by atoms with Gasteiger partial charge in [0.2, 0.25) is 0 Å². The van der Waals surface area contributed by atoms with E-state index >= 15 is 0 Å². The summed E-state index contributed by atoms with van der Waals surface area (Å²) in [5.74, 6) is 1.01. The summed E-state index contributed by atoms with van der Waals surface area (Å²) >= 11 is 0. The molecule has 1 aromatic carbocycles. The number of carbonyl (C=O) groups is 1. The molecular weight excluding hydrogens is 300 g/mol. The number of carbonyl (C=O) groups excluding carboxylic acids is 1. The molecule has 0 aliphatic rings. The summed E-state index contributed by atoms with van der Waals surface area (Å²) in [6.45, 7) is 15.1. The Kier molecular flexibility index (Phi) is 6.88. The number of benzene rings is 1. The summed E-state index contributed by atoms with van der Waals surface area (Å²) in [5.41, 5.74) is 0.218. The van der Waals surface area contributed by atoms with Gasteiger partial charge in [0.25, 0.3) is 0 Å². The number of rotatable bonds is 7. The lowest BCUT2D eigenvalue weighted by molar-refractivity contribution is -0.167. The van der Waals surface area contributed by atoms with Gasteiger partial charge in [0.05, 0.1) is 19.1 Å². The van der Waals surface area contributed by atoms with Crippen molar-refractivity contribution in [3.05, 3.63) is 29.8 Å². The third-order valence-electron chi connectivity index (χ3n) is 5.21. The van der Waals surface area contributed by atoms with Crippen LogP contribution in [0.5, 0.6) is 5.75 Å². The maximum Gasteiger partial charge on any atom is 0.313 e. The van der Waals surface area contributed by atoms with E-state index in [-0.39, 0.29) is 23.2 Å². The second kappa shape index (κ2) is 8.04. The summed E-state index contributed by atoms with van der Waals surface area (Å²) in [4.78, 5) is 13.2. The van der Waals surface area contributed by atoms with Gasteiger partial charge < -0.3 is 9.47 Å². The van der Waals surface area contributed by atoms with Gasteiger partial charge in [0.1, 0.15) is 5.75 Å². The van der Waals surface area contributed by atoms with Crippen LogP contribution in [-0.2, 0) is 9.53 Å². The average molecular weight is 335 g/mol. The largest absolute Gasteiger partial charge is 0.496 e. The number of methoxy groups -OCH3 is 1. The van der Waals surface area contributed by atoms with Crippen LogP contribution in [0.25, 0.3) is 0 Å². The molecule has 0 aliphatic carbocycles. The molecule has 136 valence electrons. The van der Waals surface area contributed by atoms with Gasteiger partial charge in [-0.25, -0.2) is 0 Å². The zero-order valence-corrected chi connectivity index (χ0v) is 16.6. The van der Waals surface area contributed by atoms with Crippen LogP contribution in [0.4, 0.5) is 0 Å². The molecule has 1 aromatic rings. The molecule has 0 aromatic heterocycles. The first-order valence-electron chi connectivity index (χ1n) is 8.97. The van der Waals surface area contributed by atoms with E-state index in [0.717, 1.165) is 17.7 Å². The fourth-order valence-corrected chi connectivity index (χ4v) is 4.17. The maximum absolute atomic E-state index is 13.2. The molecule has 3 nitrogen and oxygen atoms in total. The van der Waals surface area contributed by atoms with Crippen molar-refractivity contribution in [3.8, 4) is 5.75 Å². The Hall–Kier alpha value is -1.51. The summed E-state index contributed by atoms with van der Waals surface area (Å²) in [6, 6.07) is 8.04. The van der Waals surface area contributed by atoms with E-state index in [1.54, 1.807) is 7.11 Å². The Bertz CT molecular complexity index is 542. The zero-order chi connectivity index (χ0) is 18.5. The monoisotopic (exact) mass is 334 g/mol. The highest BCUT2D eigenvalue weighted by molar-refractivity contribution is 5.79. The first-order chi connectivity index (χ1) is 11.2. The minimum Gasteiger partial charge on any atom is -0.496 e. The van der Waals surface area contributed by atoms with Crippen molar-refractivity contribution in [1.82, 2.24) is 0 Å². The van der Waals surface area contributed by atoms with E-state index in [0.29, 0.717) is 6.61 Å². The summed E-state index contributed by atoms with van der Waals surface area (Å²) in [7, 11) is 1.69. The fraction of sp³-hybridized carbons (Fsp3) is 0.667. The van der Waals surface area contributed by atoms with Crippen molar-refractivity contribution in [3.63, 3.8) is 0 Å². The Morgan fingerprint density at radius 3 is 2.12 bits per heavy atom. The number of hydrogen-bond donors (Lipinski definition) is 0. The summed E-state index contributed by atoms with van der Waals surface area (Å²) in [5, 5.41) is 0. The van der Waals surface area contributed by atoms with Crippen LogP contribution in [-0.4, -0.2) is 19.7 Å². The first-order valence-corrected chi connectivity index (χ1v) is 8.97. The van der Waals surface area contributed by atoms with Crippen LogP contribution in [0.15, 0.2) is 24.3 Å². The topological polar surface area (TPSA) is 35.5 Å². The highest BCUT2D eigenvalue weighted by atomic mass is 16.5. The fourth-order valence-electron chi connectivity index (χ4n) is 4.17. The molecule has 1 rings (SSSR count). The molecule has 3 heteroatoms. The van der Waals surface area contributed by atoms with E-state index in [2.05, 4.69) is 47.6 Å². The average Bonchev–Trinajstić information content (AvgIpc) is 2.51. The highest BCUT2D eigenvalue weighted by Crippen LogP contribution is 2.56. The van der Waals surface area contributed by atoms with Gasteiger partial charge in [-0.15, -0.1) is 0 Å². The molecule has 0 fully saturated rings. The van der Waals surface area contributed by atoms with Crippen molar-refractivity contribution in [2.75, 3.05) is 13.7 Å². The SMILES string of the molecule is CCOC(=O)C(CC)(C(c1ccccc1OC)C(C)C)C(C)(C)C. The van der Waals surface area contributed by atoms with E-state index < -0.39 is 5.41 Å². The second-order valence-corrected chi connectivity index (χ2v) is 7.76. The van der Waals surface area contributed by atoms with Crippen molar-refractivity contribution in [2.24, 2.45) is 16.7 Å². The summed E-state index contributed by atoms with van der Waals surface area (Å²) in [6.07, 6.45) is 0.718. The molecule has 0 amide bonds. The van der Waals surface area contributed by atoms with Crippen molar-refractivity contribution in [2.45, 2.75) is 60.8 Å². The van der Waals surface area contributed by atoms with Gasteiger partial charge in [-0.1, -0.05) is 59.7 Å². The molecule has 0 N–H and O–H groups in total. The van der Waals surface area contributed by atoms with Gasteiger partial charge in [-0.3, -0.25) is 4.79 Å². The van der Waals surface area contributed by atoms with E-state index in [9.17, 15) is 4.79 Å². The summed E-state index contributed by atoms with van der Waals surface area (Å²) < 4.78 is 11.2. The molecule has 0 heterocycles. The predicted molar refractivity (Wildman–Crippen MR) is 99.4 cm³/mol. The third-order valence-corrected chi connectivity index (χ3v) is 5.21. The van der Waals surface area contributed by atoms with Gasteiger partial charge in [-0.05, 0) is 36.3 Å². The lowest BCUT2D eigenvalue weighted by Crippen LogP contribution is -2.50. The first kappa shape index (κ1) is 20.5. The molecule has 0 saturated carbocycles. The Balaban J connectivity index is 3.69. The Morgan fingerprint density at radius 2 is 1.71 bits per heavy atom. The number of hydrogen-bond acceptors (Lipinski definition) is 3. The standard InChI is InChI=1S/C21H34O3/c1-9-21(20(5,6)7,19(22)24-10-2)18(15(3)4)16-13-11-12-14-17(16)23-8/h11-15,18H,9-10H2,1-8H3. The number of esters is 1. The van der Waals surface area contributed by atoms with E-state index in [4.69, 9.17) is 9.47 Å². The molecule has 24 heavy (non-hydrogen) atoms. The normalized spacial score (nSPS) is 15.7. The van der Waals surface area contributed by atoms with Crippen LogP contribution in [0.1, 0.15) is 66.4 Å². The maximum atomic E-state index is 13.2. The van der Waals surface area contributed by atoms with Crippen LogP contribution in [0.3, 0.4) is 0 Å². The van der Waals surface area contributed by atoms with Gasteiger partial charge in [-0.2, -0.15) is 0 Å². The molecule has 2 atom stereocenters. The van der Waals surface area contributed by atoms with E-state index in [1.807, 2.05) is 25.1 Å². The predicted octanol–water partition coefficient (Wildman–Crippen LogP) is 5.44. The van der Waals surface area contributed by atoms with Gasteiger partial charge >= 0.3 is 5.97 Å². The van der Waals surface area contributed by atoms with Gasteiger partial charge in [0.15, 0.2) is 0 Å². The smallest absolute Gasteiger partial charge is 0.313 e. The van der Waals surface area contributed by atoms with Crippen molar-refractivity contribution < 1.29 is 14.3 Å². The van der Waals surface area contributed by atoms with Crippen LogP contribution >= 0.6 is 0 Å². The zero-order valence-electron chi connectivity index (χ0n) is 16.6. The Morgan fingerprint density at radius 1 is 1.12 bits per heavy atom. The quantitative estimate of drug-likeness (QED) is 0.623. The van der Waals surface area contributed by atoms with Crippen LogP contribution < -0.4 is 4.74 Å². The second-order valence-electron chi connectivity index (χ2n) is 7.76. The number of para-hydroxylation sites is 1. The lowest BCUT2D eigenvalue weighted by Gasteiger charge is -2.49. The van der Waals surface area contributed by atoms with E-state index in [1.165, 1.54) is 0 Å². The Labute approximate surface area is 147 Å². The molecule has 2 unspecified atom stereocenters. The minimum atomic E-state index is -0.619. The molecule has 0 spiro atoms. The highest BCUT2D eigenvalue weighted by Gasteiger charge is 2.55. The lowest BCUT2D eigenvalue weighted by atomic mass is 9.54. The van der Waals surface area contributed by atoms with Crippen LogP contribution in [0.2, 0.25) is 0 Å². The number of ether oxygens (including phenoxy) is 2. The van der Waals surface area contributed by atoms with Crippen molar-refractivity contribution in [1.29, 1.82) is 0 Å².